The molecule has 7 nitrogen and oxygen atoms in total. The summed E-state index contributed by atoms with van der Waals surface area (Å²) >= 11 is 0. The van der Waals surface area contributed by atoms with E-state index in [1.807, 2.05) is 0 Å². The number of nitrogens with one attached hydrogen (secondary N) is 1. The van der Waals surface area contributed by atoms with Crippen molar-refractivity contribution in [1.29, 1.82) is 0 Å². The zero-order valence-electron chi connectivity index (χ0n) is 12.2. The highest BCUT2D eigenvalue weighted by atomic mass is 16.6. The summed E-state index contributed by atoms with van der Waals surface area (Å²) in [6, 6.07) is 4.17. The molecular formula is C14H19N3O4. The van der Waals surface area contributed by atoms with E-state index in [4.69, 9.17) is 4.74 Å². The maximum absolute atomic E-state index is 12.1. The predicted molar refractivity (Wildman–Crippen MR) is 78.6 cm³/mol. The summed E-state index contributed by atoms with van der Waals surface area (Å²) in [6.07, 6.45) is 2.06. The number of carbonyl (C=O) groups excluding carboxylic acids is 1. The van der Waals surface area contributed by atoms with Crippen molar-refractivity contribution in [3.63, 3.8) is 0 Å². The molecule has 1 heterocycles. The van der Waals surface area contributed by atoms with Gasteiger partial charge in [0, 0.05) is 24.8 Å². The fraction of sp³-hybridized carbons (Fsp3) is 0.500. The molecule has 2 amide bonds. The number of hydrogen-bond donors (Lipinski definition) is 1. The van der Waals surface area contributed by atoms with Crippen LogP contribution in [0.15, 0.2) is 18.2 Å². The summed E-state index contributed by atoms with van der Waals surface area (Å²) in [7, 11) is 1.37. The molecule has 7 heteroatoms. The maximum atomic E-state index is 12.1. The number of benzene rings is 1. The zero-order chi connectivity index (χ0) is 15.4. The summed E-state index contributed by atoms with van der Waals surface area (Å²) in [6.45, 7) is 3.57. The molecule has 1 aromatic rings. The third-order valence-electron chi connectivity index (χ3n) is 3.78. The number of amides is 2. The Balaban J connectivity index is 2.07. The van der Waals surface area contributed by atoms with Gasteiger partial charge in [0.15, 0.2) is 5.75 Å². The normalized spacial score (nSPS) is 17.6. The Labute approximate surface area is 123 Å². The summed E-state index contributed by atoms with van der Waals surface area (Å²) in [5.41, 5.74) is 0.232. The van der Waals surface area contributed by atoms with Crippen LogP contribution >= 0.6 is 0 Å². The van der Waals surface area contributed by atoms with E-state index in [1.54, 1.807) is 11.0 Å². The topological polar surface area (TPSA) is 84.7 Å². The number of methoxy groups -OCH3 is 1. The molecule has 2 rings (SSSR count). The molecule has 0 bridgehead atoms. The van der Waals surface area contributed by atoms with Gasteiger partial charge in [0.25, 0.3) is 0 Å². The van der Waals surface area contributed by atoms with Gasteiger partial charge in [0.05, 0.1) is 12.0 Å². The molecule has 0 radical (unpaired) electrons. The molecular weight excluding hydrogens is 274 g/mol. The van der Waals surface area contributed by atoms with Crippen LogP contribution in [0.3, 0.4) is 0 Å². The second-order valence-corrected chi connectivity index (χ2v) is 5.08. The number of hydrogen-bond acceptors (Lipinski definition) is 4. The molecule has 0 unspecified atom stereocenters. The highest BCUT2D eigenvalue weighted by Crippen LogP contribution is 2.30. The Morgan fingerprint density at radius 2 is 2.33 bits per heavy atom. The van der Waals surface area contributed by atoms with Crippen LogP contribution in [0.2, 0.25) is 0 Å². The second kappa shape index (κ2) is 6.43. The van der Waals surface area contributed by atoms with Crippen LogP contribution in [0.4, 0.5) is 16.2 Å². The molecule has 0 aliphatic carbocycles. The number of urea groups is 1. The number of ether oxygens (including phenoxy) is 1. The SMILES string of the molecule is CC[C@@H]1CCN(C(=O)Nc2ccc(OC)c([N+](=O)[O-])c2)C1. The first-order valence-electron chi connectivity index (χ1n) is 6.93. The molecule has 1 aliphatic heterocycles. The van der Waals surface area contributed by atoms with Crippen molar-refractivity contribution in [1.82, 2.24) is 4.90 Å². The molecule has 1 aromatic carbocycles. The highest BCUT2D eigenvalue weighted by Gasteiger charge is 2.25. The van der Waals surface area contributed by atoms with Gasteiger partial charge in [-0.25, -0.2) is 4.79 Å². The molecule has 0 spiro atoms. The Kier molecular flexibility index (Phi) is 4.62. The van der Waals surface area contributed by atoms with Gasteiger partial charge in [0.1, 0.15) is 0 Å². The Bertz CT molecular complexity index is 547. The van der Waals surface area contributed by atoms with Crippen LogP contribution in [0.5, 0.6) is 5.75 Å². The molecule has 0 aromatic heterocycles. The lowest BCUT2D eigenvalue weighted by molar-refractivity contribution is -0.385. The largest absolute Gasteiger partial charge is 0.490 e. The van der Waals surface area contributed by atoms with Crippen LogP contribution < -0.4 is 10.1 Å². The van der Waals surface area contributed by atoms with Gasteiger partial charge in [-0.1, -0.05) is 13.3 Å². The lowest BCUT2D eigenvalue weighted by Crippen LogP contribution is -2.32. The quantitative estimate of drug-likeness (QED) is 0.683. The zero-order valence-corrected chi connectivity index (χ0v) is 12.2. The number of carbonyl (C=O) groups is 1. The van der Waals surface area contributed by atoms with Gasteiger partial charge >= 0.3 is 11.7 Å². The minimum atomic E-state index is -0.530. The first-order valence-corrected chi connectivity index (χ1v) is 6.93. The van der Waals surface area contributed by atoms with Crippen molar-refractivity contribution in [2.45, 2.75) is 19.8 Å². The average Bonchev–Trinajstić information content (AvgIpc) is 2.96. The van der Waals surface area contributed by atoms with E-state index in [0.29, 0.717) is 11.6 Å². The first kappa shape index (κ1) is 15.1. The summed E-state index contributed by atoms with van der Waals surface area (Å²) in [4.78, 5) is 24.3. The Hall–Kier alpha value is -2.31. The minimum Gasteiger partial charge on any atom is -0.490 e. The smallest absolute Gasteiger partial charge is 0.321 e. The van der Waals surface area contributed by atoms with E-state index in [2.05, 4.69) is 12.2 Å². The number of anilines is 1. The maximum Gasteiger partial charge on any atom is 0.321 e. The van der Waals surface area contributed by atoms with Gasteiger partial charge in [-0.05, 0) is 24.5 Å². The van der Waals surface area contributed by atoms with E-state index in [0.717, 1.165) is 25.9 Å². The van der Waals surface area contributed by atoms with Crippen molar-refractivity contribution in [3.8, 4) is 5.75 Å². The van der Waals surface area contributed by atoms with Crippen molar-refractivity contribution in [3.05, 3.63) is 28.3 Å². The number of nitrogens with zero attached hydrogens (tertiary/aromatic N) is 2. The van der Waals surface area contributed by atoms with Crippen LogP contribution in [0.25, 0.3) is 0 Å². The minimum absolute atomic E-state index is 0.164. The third kappa shape index (κ3) is 3.42. The van der Waals surface area contributed by atoms with Crippen LogP contribution in [-0.2, 0) is 0 Å². The fourth-order valence-corrected chi connectivity index (χ4v) is 2.46. The van der Waals surface area contributed by atoms with E-state index in [9.17, 15) is 14.9 Å². The van der Waals surface area contributed by atoms with E-state index >= 15 is 0 Å². The molecule has 21 heavy (non-hydrogen) atoms. The number of nitro benzene ring substituents is 1. The molecule has 114 valence electrons. The van der Waals surface area contributed by atoms with Crippen LogP contribution in [-0.4, -0.2) is 36.1 Å². The van der Waals surface area contributed by atoms with Gasteiger partial charge in [-0.2, -0.15) is 0 Å². The van der Waals surface area contributed by atoms with Gasteiger partial charge in [-0.3, -0.25) is 10.1 Å². The summed E-state index contributed by atoms with van der Waals surface area (Å²) in [5.74, 6) is 0.714. The lowest BCUT2D eigenvalue weighted by Gasteiger charge is -2.17. The number of rotatable bonds is 4. The van der Waals surface area contributed by atoms with E-state index < -0.39 is 4.92 Å². The molecule has 1 saturated heterocycles. The first-order chi connectivity index (χ1) is 10.0. The van der Waals surface area contributed by atoms with Gasteiger partial charge in [0.2, 0.25) is 0 Å². The average molecular weight is 293 g/mol. The van der Waals surface area contributed by atoms with Crippen molar-refractivity contribution in [2.24, 2.45) is 5.92 Å². The van der Waals surface area contributed by atoms with Crippen molar-refractivity contribution < 1.29 is 14.5 Å². The molecule has 1 fully saturated rings. The Morgan fingerprint density at radius 1 is 1.57 bits per heavy atom. The van der Waals surface area contributed by atoms with Gasteiger partial charge < -0.3 is 15.0 Å². The monoisotopic (exact) mass is 293 g/mol. The molecule has 1 N–H and O–H groups in total. The molecule has 1 atom stereocenters. The van der Waals surface area contributed by atoms with Gasteiger partial charge in [-0.15, -0.1) is 0 Å². The molecule has 1 aliphatic rings. The van der Waals surface area contributed by atoms with Crippen LogP contribution in [0.1, 0.15) is 19.8 Å². The predicted octanol–water partition coefficient (Wildman–Crippen LogP) is 2.87. The molecule has 0 saturated carbocycles. The van der Waals surface area contributed by atoms with E-state index in [-0.39, 0.29) is 17.5 Å². The summed E-state index contributed by atoms with van der Waals surface area (Å²) < 4.78 is 4.93. The van der Waals surface area contributed by atoms with Crippen LogP contribution in [0, 0.1) is 16.0 Å². The summed E-state index contributed by atoms with van der Waals surface area (Å²) in [5, 5.41) is 13.7. The lowest BCUT2D eigenvalue weighted by atomic mass is 10.1. The fourth-order valence-electron chi connectivity index (χ4n) is 2.46. The highest BCUT2D eigenvalue weighted by molar-refractivity contribution is 5.90. The van der Waals surface area contributed by atoms with Crippen molar-refractivity contribution in [2.75, 3.05) is 25.5 Å². The second-order valence-electron chi connectivity index (χ2n) is 5.08. The number of nitro groups is 1. The van der Waals surface area contributed by atoms with E-state index in [1.165, 1.54) is 19.2 Å². The third-order valence-corrected chi connectivity index (χ3v) is 3.78. The van der Waals surface area contributed by atoms with Crippen molar-refractivity contribution >= 4 is 17.4 Å². The number of likely N-dealkylation sites (tertiary alicyclic amines) is 1. The Morgan fingerprint density at radius 3 is 2.90 bits per heavy atom. The standard InChI is InChI=1S/C14H19N3O4/c1-3-10-6-7-16(9-10)14(18)15-11-4-5-13(21-2)12(8-11)17(19)20/h4-5,8,10H,3,6-7,9H2,1-2H3,(H,15,18)/t10-/m1/s1.